The number of hydrogen-bond acceptors (Lipinski definition) is 4. The van der Waals surface area contributed by atoms with Crippen molar-refractivity contribution in [1.29, 1.82) is 0 Å². The smallest absolute Gasteiger partial charge is 0.257 e. The van der Waals surface area contributed by atoms with Crippen LogP contribution in [0.3, 0.4) is 0 Å². The normalized spacial score (nSPS) is 11.2. The molecule has 1 aromatic carbocycles. The maximum Gasteiger partial charge on any atom is 0.257 e. The van der Waals surface area contributed by atoms with Crippen molar-refractivity contribution < 1.29 is 14.4 Å². The number of hydrogen-bond donors (Lipinski definition) is 3. The van der Waals surface area contributed by atoms with E-state index in [0.717, 1.165) is 12.3 Å². The van der Waals surface area contributed by atoms with Gasteiger partial charge < -0.3 is 16.3 Å². The zero-order valence-corrected chi connectivity index (χ0v) is 10.2. The van der Waals surface area contributed by atoms with Crippen molar-refractivity contribution in [2.24, 2.45) is 10.9 Å². The zero-order chi connectivity index (χ0) is 14.5. The topological polar surface area (TPSA) is 101 Å². The van der Waals surface area contributed by atoms with Gasteiger partial charge in [0.25, 0.3) is 5.91 Å². The molecule has 0 saturated heterocycles. The number of nitrogens with one attached hydrogen (secondary N) is 1. The highest BCUT2D eigenvalue weighted by molar-refractivity contribution is 6.04. The van der Waals surface area contributed by atoms with Crippen molar-refractivity contribution in [3.05, 3.63) is 59.7 Å². The number of nitrogens with zero attached hydrogens (tertiary/aromatic N) is 2. The van der Waals surface area contributed by atoms with Crippen LogP contribution in [0.1, 0.15) is 15.9 Å². The van der Waals surface area contributed by atoms with E-state index < -0.39 is 11.7 Å². The van der Waals surface area contributed by atoms with Crippen molar-refractivity contribution in [1.82, 2.24) is 4.98 Å². The minimum absolute atomic E-state index is 0.0304. The van der Waals surface area contributed by atoms with E-state index >= 15 is 0 Å². The van der Waals surface area contributed by atoms with Crippen molar-refractivity contribution in [3.8, 4) is 0 Å². The van der Waals surface area contributed by atoms with Gasteiger partial charge in [-0.05, 0) is 30.3 Å². The van der Waals surface area contributed by atoms with Gasteiger partial charge in [0.15, 0.2) is 5.84 Å². The second-order valence-corrected chi connectivity index (χ2v) is 3.91. The van der Waals surface area contributed by atoms with Gasteiger partial charge in [-0.1, -0.05) is 5.16 Å². The molecule has 7 heteroatoms. The summed E-state index contributed by atoms with van der Waals surface area (Å²) in [5.74, 6) is -1.09. The molecule has 0 aliphatic heterocycles. The number of carbonyl (C=O) groups excluding carboxylic acids is 1. The molecule has 0 atom stereocenters. The minimum Gasteiger partial charge on any atom is -0.409 e. The highest BCUT2D eigenvalue weighted by Gasteiger charge is 2.08. The molecule has 1 heterocycles. The number of halogens is 1. The third-order valence-electron chi connectivity index (χ3n) is 2.51. The number of benzene rings is 1. The van der Waals surface area contributed by atoms with Crippen LogP contribution >= 0.6 is 0 Å². The van der Waals surface area contributed by atoms with Crippen molar-refractivity contribution in [2.45, 2.75) is 0 Å². The van der Waals surface area contributed by atoms with Crippen molar-refractivity contribution in [3.63, 3.8) is 0 Å². The van der Waals surface area contributed by atoms with Gasteiger partial charge >= 0.3 is 0 Å². The standard InChI is InChI=1S/C13H11FN4O2/c14-10-5-9(6-16-7-10)13(19)17-11-3-1-8(2-4-11)12(15)18-20/h1-7,20H,(H2,15,18)(H,17,19). The number of carbonyl (C=O) groups is 1. The van der Waals surface area contributed by atoms with Crippen LogP contribution in [-0.2, 0) is 0 Å². The van der Waals surface area contributed by atoms with E-state index in [9.17, 15) is 9.18 Å². The summed E-state index contributed by atoms with van der Waals surface area (Å²) in [7, 11) is 0. The number of aromatic nitrogens is 1. The van der Waals surface area contributed by atoms with E-state index in [0.29, 0.717) is 11.3 Å². The summed E-state index contributed by atoms with van der Waals surface area (Å²) in [5.41, 5.74) is 6.54. The van der Waals surface area contributed by atoms with E-state index in [1.165, 1.54) is 6.20 Å². The first-order chi connectivity index (χ1) is 9.60. The van der Waals surface area contributed by atoms with Gasteiger partial charge in [0.2, 0.25) is 0 Å². The molecule has 0 bridgehead atoms. The first-order valence-electron chi connectivity index (χ1n) is 5.60. The van der Waals surface area contributed by atoms with Gasteiger partial charge in [-0.3, -0.25) is 9.78 Å². The minimum atomic E-state index is -0.583. The first kappa shape index (κ1) is 13.5. The molecule has 0 radical (unpaired) electrons. The van der Waals surface area contributed by atoms with Gasteiger partial charge in [-0.25, -0.2) is 4.39 Å². The summed E-state index contributed by atoms with van der Waals surface area (Å²) < 4.78 is 13.0. The lowest BCUT2D eigenvalue weighted by molar-refractivity contribution is 0.102. The Labute approximate surface area is 113 Å². The third-order valence-corrected chi connectivity index (χ3v) is 2.51. The summed E-state index contributed by atoms with van der Waals surface area (Å²) in [6.45, 7) is 0. The molecular formula is C13H11FN4O2. The summed E-state index contributed by atoms with van der Waals surface area (Å²) in [6.07, 6.45) is 2.28. The fraction of sp³-hybridized carbons (Fsp3) is 0. The van der Waals surface area contributed by atoms with Gasteiger partial charge in [0, 0.05) is 17.4 Å². The molecule has 4 N–H and O–H groups in total. The lowest BCUT2D eigenvalue weighted by Gasteiger charge is -2.06. The molecule has 0 unspecified atom stereocenters. The molecule has 2 aromatic rings. The first-order valence-corrected chi connectivity index (χ1v) is 5.60. The molecule has 0 spiro atoms. The average Bonchev–Trinajstić information content (AvgIpc) is 2.47. The number of rotatable bonds is 3. The van der Waals surface area contributed by atoms with E-state index in [1.807, 2.05) is 0 Å². The number of oxime groups is 1. The van der Waals surface area contributed by atoms with Crippen LogP contribution < -0.4 is 11.1 Å². The highest BCUT2D eigenvalue weighted by Crippen LogP contribution is 2.11. The Morgan fingerprint density at radius 2 is 1.95 bits per heavy atom. The zero-order valence-electron chi connectivity index (χ0n) is 10.2. The predicted octanol–water partition coefficient (Wildman–Crippen LogP) is 1.57. The lowest BCUT2D eigenvalue weighted by atomic mass is 10.2. The van der Waals surface area contributed by atoms with Crippen LogP contribution in [0.15, 0.2) is 47.9 Å². The Balaban J connectivity index is 2.12. The van der Waals surface area contributed by atoms with Crippen LogP contribution in [-0.4, -0.2) is 21.9 Å². The maximum atomic E-state index is 13.0. The number of nitrogens with two attached hydrogens (primary N) is 1. The van der Waals surface area contributed by atoms with Crippen molar-refractivity contribution in [2.75, 3.05) is 5.32 Å². The molecule has 1 amide bonds. The molecule has 20 heavy (non-hydrogen) atoms. The summed E-state index contributed by atoms with van der Waals surface area (Å²) in [4.78, 5) is 15.4. The van der Waals surface area contributed by atoms with Crippen LogP contribution in [0.2, 0.25) is 0 Å². The predicted molar refractivity (Wildman–Crippen MR) is 71.1 cm³/mol. The molecular weight excluding hydrogens is 263 g/mol. The number of amides is 1. The molecule has 1 aromatic heterocycles. The summed E-state index contributed by atoms with van der Waals surface area (Å²) >= 11 is 0. The van der Waals surface area contributed by atoms with Gasteiger partial charge in [0.05, 0.1) is 11.8 Å². The fourth-order valence-electron chi connectivity index (χ4n) is 1.52. The molecule has 0 fully saturated rings. The fourth-order valence-corrected chi connectivity index (χ4v) is 1.52. The highest BCUT2D eigenvalue weighted by atomic mass is 19.1. The van der Waals surface area contributed by atoms with Gasteiger partial charge in [0.1, 0.15) is 5.82 Å². The van der Waals surface area contributed by atoms with Crippen LogP contribution in [0.25, 0.3) is 0 Å². The SMILES string of the molecule is N/C(=N/O)c1ccc(NC(=O)c2cncc(F)c2)cc1. The van der Waals surface area contributed by atoms with Crippen molar-refractivity contribution >= 4 is 17.4 Å². The maximum absolute atomic E-state index is 13.0. The lowest BCUT2D eigenvalue weighted by Crippen LogP contribution is -2.14. The molecule has 2 rings (SSSR count). The monoisotopic (exact) mass is 274 g/mol. The number of anilines is 1. The Morgan fingerprint density at radius 1 is 1.25 bits per heavy atom. The third kappa shape index (κ3) is 3.08. The number of pyridine rings is 1. The van der Waals surface area contributed by atoms with Gasteiger partial charge in [-0.2, -0.15) is 0 Å². The Morgan fingerprint density at radius 3 is 2.55 bits per heavy atom. The summed E-state index contributed by atoms with van der Waals surface area (Å²) in [6, 6.07) is 7.41. The quantitative estimate of drug-likeness (QED) is 0.342. The molecule has 102 valence electrons. The largest absolute Gasteiger partial charge is 0.409 e. The second-order valence-electron chi connectivity index (χ2n) is 3.91. The van der Waals surface area contributed by atoms with Crippen LogP contribution in [0, 0.1) is 5.82 Å². The van der Waals surface area contributed by atoms with E-state index in [4.69, 9.17) is 10.9 Å². The molecule has 0 aliphatic rings. The Hall–Kier alpha value is -2.96. The molecule has 0 saturated carbocycles. The van der Waals surface area contributed by atoms with E-state index in [-0.39, 0.29) is 11.4 Å². The van der Waals surface area contributed by atoms with Gasteiger partial charge in [-0.15, -0.1) is 0 Å². The Bertz CT molecular complexity index is 656. The second kappa shape index (κ2) is 5.79. The Kier molecular flexibility index (Phi) is 3.90. The summed E-state index contributed by atoms with van der Waals surface area (Å²) in [5, 5.41) is 14.0. The number of amidine groups is 1. The molecule has 0 aliphatic carbocycles. The average molecular weight is 274 g/mol. The van der Waals surface area contributed by atoms with Crippen LogP contribution in [0.4, 0.5) is 10.1 Å². The van der Waals surface area contributed by atoms with Crippen LogP contribution in [0.5, 0.6) is 0 Å². The van der Waals surface area contributed by atoms with E-state index in [2.05, 4.69) is 15.5 Å². The van der Waals surface area contributed by atoms with E-state index in [1.54, 1.807) is 24.3 Å². The molecule has 6 nitrogen and oxygen atoms in total.